The second kappa shape index (κ2) is 7.17. The summed E-state index contributed by atoms with van der Waals surface area (Å²) in [7, 11) is 0. The van der Waals surface area contributed by atoms with Crippen molar-refractivity contribution in [2.75, 3.05) is 13.2 Å². The minimum Gasteiger partial charge on any atom is -0.465 e. The van der Waals surface area contributed by atoms with Crippen molar-refractivity contribution in [1.82, 2.24) is 0 Å². The highest BCUT2D eigenvalue weighted by Gasteiger charge is 2.03. The van der Waals surface area contributed by atoms with E-state index in [9.17, 15) is 9.59 Å². The van der Waals surface area contributed by atoms with Gasteiger partial charge < -0.3 is 9.47 Å². The van der Waals surface area contributed by atoms with Crippen molar-refractivity contribution in [1.29, 1.82) is 0 Å². The molecule has 0 aliphatic rings. The van der Waals surface area contributed by atoms with Crippen molar-refractivity contribution >= 4 is 11.9 Å². The summed E-state index contributed by atoms with van der Waals surface area (Å²) < 4.78 is 9.11. The molecule has 0 heterocycles. The highest BCUT2D eigenvalue weighted by atomic mass is 16.5. The van der Waals surface area contributed by atoms with Crippen molar-refractivity contribution in [3.05, 3.63) is 6.92 Å². The molecule has 1 radical (unpaired) electrons. The van der Waals surface area contributed by atoms with Crippen molar-refractivity contribution in [3.63, 3.8) is 0 Å². The van der Waals surface area contributed by atoms with E-state index < -0.39 is 11.9 Å². The molecular weight excluding hydrogens is 172 g/mol. The zero-order valence-corrected chi connectivity index (χ0v) is 7.25. The van der Waals surface area contributed by atoms with E-state index in [0.29, 0.717) is 0 Å². The lowest BCUT2D eigenvalue weighted by Crippen LogP contribution is -2.11. The number of hydrogen-bond donors (Lipinski definition) is 0. The Morgan fingerprint density at radius 2 is 2.00 bits per heavy atom. The molecule has 4 heteroatoms. The van der Waals surface area contributed by atoms with Crippen molar-refractivity contribution in [2.24, 2.45) is 0 Å². The third-order valence-electron chi connectivity index (χ3n) is 1.09. The van der Waals surface area contributed by atoms with Gasteiger partial charge in [0.15, 0.2) is 6.61 Å². The summed E-state index contributed by atoms with van der Waals surface area (Å²) in [6.07, 6.45) is 4.93. The summed E-state index contributed by atoms with van der Waals surface area (Å²) in [4.78, 5) is 21.3. The van der Waals surface area contributed by atoms with Crippen molar-refractivity contribution in [3.8, 4) is 12.3 Å². The summed E-state index contributed by atoms with van der Waals surface area (Å²) in [5.74, 6) is 1.23. The Labute approximate surface area is 77.2 Å². The third kappa shape index (κ3) is 6.88. The first kappa shape index (κ1) is 11.5. The number of carbonyl (C=O) groups excluding carboxylic acids is 2. The Morgan fingerprint density at radius 1 is 1.31 bits per heavy atom. The number of ether oxygens (including phenoxy) is 2. The molecule has 0 atom stereocenters. The molecule has 0 spiro atoms. The molecule has 0 aliphatic heterocycles. The van der Waals surface area contributed by atoms with E-state index in [1.165, 1.54) is 0 Å². The first-order valence-corrected chi connectivity index (χ1v) is 3.74. The van der Waals surface area contributed by atoms with Crippen LogP contribution in [0.25, 0.3) is 0 Å². The van der Waals surface area contributed by atoms with Gasteiger partial charge in [-0.25, -0.2) is 0 Å². The summed E-state index contributed by atoms with van der Waals surface area (Å²) in [5.41, 5.74) is 0. The Kier molecular flexibility index (Phi) is 6.34. The molecule has 71 valence electrons. The maximum Gasteiger partial charge on any atom is 0.310 e. The van der Waals surface area contributed by atoms with Gasteiger partial charge in [0.1, 0.15) is 6.61 Å². The van der Waals surface area contributed by atoms with Crippen LogP contribution in [0.2, 0.25) is 0 Å². The number of esters is 2. The van der Waals surface area contributed by atoms with Gasteiger partial charge in [-0.1, -0.05) is 5.92 Å². The van der Waals surface area contributed by atoms with Crippen LogP contribution in [0, 0.1) is 19.3 Å². The SMILES string of the molecule is C#CCOC(=O)CCOC(=O)C[CH2]. The van der Waals surface area contributed by atoms with Gasteiger partial charge in [0.05, 0.1) is 6.42 Å². The van der Waals surface area contributed by atoms with Gasteiger partial charge in [0.25, 0.3) is 0 Å². The van der Waals surface area contributed by atoms with E-state index in [0.717, 1.165) is 0 Å². The number of carbonyl (C=O) groups is 2. The predicted octanol–water partition coefficient (Wildman–Crippen LogP) is 0.320. The molecule has 0 saturated carbocycles. The van der Waals surface area contributed by atoms with Gasteiger partial charge in [-0.2, -0.15) is 0 Å². The van der Waals surface area contributed by atoms with Gasteiger partial charge in [0, 0.05) is 6.42 Å². The second-order valence-corrected chi connectivity index (χ2v) is 2.09. The van der Waals surface area contributed by atoms with Crippen LogP contribution in [0.4, 0.5) is 0 Å². The molecule has 13 heavy (non-hydrogen) atoms. The van der Waals surface area contributed by atoms with Gasteiger partial charge in [-0.15, -0.1) is 6.42 Å². The summed E-state index contributed by atoms with van der Waals surface area (Å²) in [5, 5.41) is 0. The summed E-state index contributed by atoms with van der Waals surface area (Å²) >= 11 is 0. The fraction of sp³-hybridized carbons (Fsp3) is 0.444. The molecule has 0 fully saturated rings. The molecule has 0 unspecified atom stereocenters. The average molecular weight is 183 g/mol. The van der Waals surface area contributed by atoms with Crippen molar-refractivity contribution in [2.45, 2.75) is 12.8 Å². The Balaban J connectivity index is 3.38. The molecule has 0 N–H and O–H groups in total. The van der Waals surface area contributed by atoms with E-state index >= 15 is 0 Å². The average Bonchev–Trinajstić information content (AvgIpc) is 2.14. The van der Waals surface area contributed by atoms with Crippen LogP contribution in [-0.4, -0.2) is 25.2 Å². The molecule has 0 amide bonds. The molecule has 0 aromatic rings. The number of rotatable bonds is 5. The third-order valence-corrected chi connectivity index (χ3v) is 1.09. The quantitative estimate of drug-likeness (QED) is 0.455. The van der Waals surface area contributed by atoms with E-state index in [1.54, 1.807) is 0 Å². The predicted molar refractivity (Wildman–Crippen MR) is 45.3 cm³/mol. The Hall–Kier alpha value is -1.50. The van der Waals surface area contributed by atoms with Crippen LogP contribution in [0.15, 0.2) is 0 Å². The zero-order chi connectivity index (χ0) is 10.1. The fourth-order valence-corrected chi connectivity index (χ4v) is 0.515. The van der Waals surface area contributed by atoms with E-state index in [4.69, 9.17) is 6.42 Å². The normalized spacial score (nSPS) is 8.62. The van der Waals surface area contributed by atoms with E-state index in [-0.39, 0.29) is 26.1 Å². The molecule has 0 saturated heterocycles. The lowest BCUT2D eigenvalue weighted by atomic mass is 10.4. The largest absolute Gasteiger partial charge is 0.465 e. The fourth-order valence-electron chi connectivity index (χ4n) is 0.515. The van der Waals surface area contributed by atoms with Crippen LogP contribution in [0.3, 0.4) is 0 Å². The second-order valence-electron chi connectivity index (χ2n) is 2.09. The zero-order valence-electron chi connectivity index (χ0n) is 7.25. The smallest absolute Gasteiger partial charge is 0.310 e. The van der Waals surface area contributed by atoms with Gasteiger partial charge in [-0.05, 0) is 6.92 Å². The Bertz CT molecular complexity index is 214. The maximum absolute atomic E-state index is 10.7. The number of hydrogen-bond acceptors (Lipinski definition) is 4. The minimum atomic E-state index is -0.477. The van der Waals surface area contributed by atoms with Gasteiger partial charge >= 0.3 is 11.9 Å². The van der Waals surface area contributed by atoms with Crippen molar-refractivity contribution < 1.29 is 19.1 Å². The first-order valence-electron chi connectivity index (χ1n) is 3.74. The van der Waals surface area contributed by atoms with Gasteiger partial charge in [0.2, 0.25) is 0 Å². The molecular formula is C9H11O4. The minimum absolute atomic E-state index is 0.0117. The van der Waals surface area contributed by atoms with Crippen LogP contribution in [-0.2, 0) is 19.1 Å². The molecule has 0 aliphatic carbocycles. The molecule has 0 rings (SSSR count). The number of terminal acetylenes is 1. The van der Waals surface area contributed by atoms with E-state index in [1.807, 2.05) is 0 Å². The molecule has 0 bridgehead atoms. The van der Waals surface area contributed by atoms with Crippen LogP contribution in [0.5, 0.6) is 0 Å². The van der Waals surface area contributed by atoms with Crippen LogP contribution >= 0.6 is 0 Å². The Morgan fingerprint density at radius 3 is 2.54 bits per heavy atom. The topological polar surface area (TPSA) is 52.6 Å². The lowest BCUT2D eigenvalue weighted by Gasteiger charge is -2.02. The summed E-state index contributed by atoms with van der Waals surface area (Å²) in [6.45, 7) is 3.27. The standard InChI is InChI=1S/C9H11O4/c1-3-6-12-9(11)5-7-13-8(10)4-2/h1H,2,4-7H2. The summed E-state index contributed by atoms with van der Waals surface area (Å²) in [6, 6.07) is 0. The first-order chi connectivity index (χ1) is 6.20. The van der Waals surface area contributed by atoms with Gasteiger partial charge in [-0.3, -0.25) is 9.59 Å². The molecule has 0 aromatic carbocycles. The molecule has 4 nitrogen and oxygen atoms in total. The highest BCUT2D eigenvalue weighted by molar-refractivity contribution is 5.72. The highest BCUT2D eigenvalue weighted by Crippen LogP contribution is 1.90. The maximum atomic E-state index is 10.7. The monoisotopic (exact) mass is 183 g/mol. The van der Waals surface area contributed by atoms with Crippen LogP contribution in [0.1, 0.15) is 12.8 Å². The lowest BCUT2D eigenvalue weighted by molar-refractivity contribution is -0.148. The van der Waals surface area contributed by atoms with Crippen LogP contribution < -0.4 is 0 Å². The molecule has 0 aromatic heterocycles. The van der Waals surface area contributed by atoms with E-state index in [2.05, 4.69) is 22.3 Å².